The van der Waals surface area contributed by atoms with E-state index in [-0.39, 0.29) is 0 Å². The maximum atomic E-state index is 2.42. The van der Waals surface area contributed by atoms with Crippen molar-refractivity contribution in [3.05, 3.63) is 231 Å². The summed E-state index contributed by atoms with van der Waals surface area (Å²) in [5, 5.41) is 2.48. The van der Waals surface area contributed by atoms with E-state index in [0.29, 0.717) is 0 Å². The number of fused-ring (bicyclic) bond motifs is 3. The second-order valence-corrected chi connectivity index (χ2v) is 14.1. The molecule has 2 nitrogen and oxygen atoms in total. The molecule has 0 spiro atoms. The third-order valence-corrected chi connectivity index (χ3v) is 10.8. The summed E-state index contributed by atoms with van der Waals surface area (Å²) in [4.78, 5) is 2.42. The van der Waals surface area contributed by atoms with E-state index < -0.39 is 0 Å². The number of aromatic nitrogens is 1. The van der Waals surface area contributed by atoms with Crippen LogP contribution < -0.4 is 4.90 Å². The highest BCUT2D eigenvalue weighted by Crippen LogP contribution is 2.48. The monoisotopic (exact) mass is 714 g/mol. The minimum absolute atomic E-state index is 1.09. The molecule has 0 saturated carbocycles. The van der Waals surface area contributed by atoms with Crippen LogP contribution in [-0.2, 0) is 0 Å². The zero-order chi connectivity index (χ0) is 37.3. The fourth-order valence-corrected chi connectivity index (χ4v) is 8.27. The standard InChI is InChI=1S/C54H38N2/c1-5-19-39(20-6-1)46-29-13-14-31-49(46)54-47(40-21-7-2-8-22-40)32-18-34-53(54)55(43-24-9-3-10-25-43)45-28-17-23-41(37-45)42-35-36-52-50(38-42)48-30-15-16-33-51(48)56(52)44-26-11-4-12-27-44/h1-38H. The SMILES string of the molecule is c1ccc(-c2ccccc2-c2c(-c3ccccc3)cccc2N(c2ccccc2)c2cccc(-c3ccc4c(c3)c3ccccc3n4-c3ccccc3)c2)cc1. The Morgan fingerprint density at radius 3 is 1.57 bits per heavy atom. The lowest BCUT2D eigenvalue weighted by molar-refractivity contribution is 1.18. The van der Waals surface area contributed by atoms with Gasteiger partial charge in [0.25, 0.3) is 0 Å². The van der Waals surface area contributed by atoms with Crippen molar-refractivity contribution in [3.8, 4) is 50.2 Å². The first kappa shape index (κ1) is 33.2. The molecule has 56 heavy (non-hydrogen) atoms. The first-order valence-corrected chi connectivity index (χ1v) is 19.2. The number of anilines is 3. The van der Waals surface area contributed by atoms with Crippen molar-refractivity contribution in [2.45, 2.75) is 0 Å². The molecule has 10 rings (SSSR count). The normalized spacial score (nSPS) is 11.2. The van der Waals surface area contributed by atoms with Crippen molar-refractivity contribution in [2.75, 3.05) is 4.90 Å². The fourth-order valence-electron chi connectivity index (χ4n) is 8.27. The molecule has 10 aromatic rings. The Morgan fingerprint density at radius 1 is 0.304 bits per heavy atom. The van der Waals surface area contributed by atoms with E-state index >= 15 is 0 Å². The van der Waals surface area contributed by atoms with Gasteiger partial charge in [0.05, 0.1) is 16.7 Å². The average Bonchev–Trinajstić information content (AvgIpc) is 3.61. The van der Waals surface area contributed by atoms with Crippen LogP contribution >= 0.6 is 0 Å². The van der Waals surface area contributed by atoms with Crippen LogP contribution in [0.2, 0.25) is 0 Å². The lowest BCUT2D eigenvalue weighted by Gasteiger charge is -2.30. The number of para-hydroxylation sites is 3. The number of nitrogens with zero attached hydrogens (tertiary/aromatic N) is 2. The number of benzene rings is 9. The predicted molar refractivity (Wildman–Crippen MR) is 237 cm³/mol. The van der Waals surface area contributed by atoms with Gasteiger partial charge in [-0.2, -0.15) is 0 Å². The third kappa shape index (κ3) is 5.95. The summed E-state index contributed by atoms with van der Waals surface area (Å²) < 4.78 is 2.37. The molecule has 0 aliphatic heterocycles. The van der Waals surface area contributed by atoms with Crippen LogP contribution in [0.3, 0.4) is 0 Å². The molecule has 1 aromatic heterocycles. The van der Waals surface area contributed by atoms with E-state index in [4.69, 9.17) is 0 Å². The molecule has 0 N–H and O–H groups in total. The Hall–Kier alpha value is -7.42. The highest BCUT2D eigenvalue weighted by Gasteiger charge is 2.23. The molecule has 9 aromatic carbocycles. The van der Waals surface area contributed by atoms with Crippen molar-refractivity contribution in [2.24, 2.45) is 0 Å². The van der Waals surface area contributed by atoms with Gasteiger partial charge in [-0.1, -0.05) is 170 Å². The molecule has 0 unspecified atom stereocenters. The molecule has 0 atom stereocenters. The molecule has 0 radical (unpaired) electrons. The van der Waals surface area contributed by atoms with Crippen LogP contribution in [0, 0.1) is 0 Å². The maximum Gasteiger partial charge on any atom is 0.0546 e. The van der Waals surface area contributed by atoms with Gasteiger partial charge in [0.2, 0.25) is 0 Å². The molecule has 0 amide bonds. The Bertz CT molecular complexity index is 2950. The predicted octanol–water partition coefficient (Wildman–Crippen LogP) is 14.9. The van der Waals surface area contributed by atoms with Crippen LogP contribution in [0.25, 0.3) is 72.0 Å². The van der Waals surface area contributed by atoms with Crippen LogP contribution in [0.1, 0.15) is 0 Å². The lowest BCUT2D eigenvalue weighted by atomic mass is 9.87. The van der Waals surface area contributed by atoms with E-state index in [0.717, 1.165) is 28.3 Å². The van der Waals surface area contributed by atoms with Crippen molar-refractivity contribution in [1.29, 1.82) is 0 Å². The molecule has 0 fully saturated rings. The second kappa shape index (κ2) is 14.4. The quantitative estimate of drug-likeness (QED) is 0.152. The largest absolute Gasteiger partial charge is 0.310 e. The minimum atomic E-state index is 1.09. The zero-order valence-electron chi connectivity index (χ0n) is 30.8. The van der Waals surface area contributed by atoms with Crippen LogP contribution in [0.15, 0.2) is 231 Å². The Morgan fingerprint density at radius 2 is 0.821 bits per heavy atom. The van der Waals surface area contributed by atoms with Crippen LogP contribution in [-0.4, -0.2) is 4.57 Å². The van der Waals surface area contributed by atoms with Crippen molar-refractivity contribution >= 4 is 38.9 Å². The number of hydrogen-bond acceptors (Lipinski definition) is 1. The highest BCUT2D eigenvalue weighted by molar-refractivity contribution is 6.10. The molecule has 0 saturated heterocycles. The number of rotatable bonds is 8. The summed E-state index contributed by atoms with van der Waals surface area (Å²) >= 11 is 0. The Labute approximate surface area is 327 Å². The molecule has 2 heteroatoms. The zero-order valence-corrected chi connectivity index (χ0v) is 30.8. The Kier molecular flexibility index (Phi) is 8.55. The minimum Gasteiger partial charge on any atom is -0.310 e. The summed E-state index contributed by atoms with van der Waals surface area (Å²) in [6.45, 7) is 0. The molecule has 0 aliphatic carbocycles. The van der Waals surface area contributed by atoms with E-state index in [9.17, 15) is 0 Å². The average molecular weight is 715 g/mol. The summed E-state index contributed by atoms with van der Waals surface area (Å²) in [7, 11) is 0. The van der Waals surface area contributed by atoms with E-state index in [1.54, 1.807) is 0 Å². The lowest BCUT2D eigenvalue weighted by Crippen LogP contribution is -2.12. The molecule has 0 aliphatic rings. The molecule has 264 valence electrons. The van der Waals surface area contributed by atoms with Gasteiger partial charge in [0.15, 0.2) is 0 Å². The third-order valence-electron chi connectivity index (χ3n) is 10.8. The summed E-state index contributed by atoms with van der Waals surface area (Å²) in [5.41, 5.74) is 16.3. The summed E-state index contributed by atoms with van der Waals surface area (Å²) in [6, 6.07) is 83.1. The van der Waals surface area contributed by atoms with Gasteiger partial charge >= 0.3 is 0 Å². The summed E-state index contributed by atoms with van der Waals surface area (Å²) in [5.74, 6) is 0. The second-order valence-electron chi connectivity index (χ2n) is 14.1. The van der Waals surface area contributed by atoms with Crippen LogP contribution in [0.5, 0.6) is 0 Å². The molecular formula is C54H38N2. The molecule has 0 bridgehead atoms. The van der Waals surface area contributed by atoms with E-state index in [2.05, 4.69) is 240 Å². The van der Waals surface area contributed by atoms with Gasteiger partial charge < -0.3 is 9.47 Å². The van der Waals surface area contributed by atoms with E-state index in [1.807, 2.05) is 0 Å². The maximum absolute atomic E-state index is 2.42. The topological polar surface area (TPSA) is 8.17 Å². The van der Waals surface area contributed by atoms with Crippen molar-refractivity contribution in [3.63, 3.8) is 0 Å². The van der Waals surface area contributed by atoms with Gasteiger partial charge in [-0.25, -0.2) is 0 Å². The molecular weight excluding hydrogens is 677 g/mol. The first-order chi connectivity index (χ1) is 27.8. The van der Waals surface area contributed by atoms with Gasteiger partial charge in [0, 0.05) is 33.4 Å². The van der Waals surface area contributed by atoms with Crippen LogP contribution in [0.4, 0.5) is 17.1 Å². The van der Waals surface area contributed by atoms with Gasteiger partial charge in [-0.05, 0) is 99.6 Å². The number of hydrogen-bond donors (Lipinski definition) is 0. The Balaban J connectivity index is 1.18. The molecule has 1 heterocycles. The van der Waals surface area contributed by atoms with Gasteiger partial charge in [-0.3, -0.25) is 0 Å². The fraction of sp³-hybridized carbons (Fsp3) is 0. The van der Waals surface area contributed by atoms with Gasteiger partial charge in [-0.15, -0.1) is 0 Å². The van der Waals surface area contributed by atoms with Crippen molar-refractivity contribution in [1.82, 2.24) is 4.57 Å². The smallest absolute Gasteiger partial charge is 0.0546 e. The van der Waals surface area contributed by atoms with Crippen molar-refractivity contribution < 1.29 is 0 Å². The van der Waals surface area contributed by atoms with Gasteiger partial charge in [0.1, 0.15) is 0 Å². The highest BCUT2D eigenvalue weighted by atomic mass is 15.1. The van der Waals surface area contributed by atoms with E-state index in [1.165, 1.54) is 60.8 Å². The first-order valence-electron chi connectivity index (χ1n) is 19.2. The summed E-state index contributed by atoms with van der Waals surface area (Å²) in [6.07, 6.45) is 0.